The molecule has 3 aliphatic heterocycles. The lowest BCUT2D eigenvalue weighted by Crippen LogP contribution is -2.49. The molecule has 13 nitrogen and oxygen atoms in total. The number of ether oxygens (including phenoxy) is 3. The number of para-hydroxylation sites is 6. The lowest BCUT2D eigenvalue weighted by Gasteiger charge is -2.36. The molecule has 0 saturated heterocycles. The van der Waals surface area contributed by atoms with E-state index in [9.17, 15) is 15.1 Å². The van der Waals surface area contributed by atoms with Crippen molar-refractivity contribution in [2.45, 2.75) is 52.1 Å². The second-order valence-electron chi connectivity index (χ2n) is 11.5. The zero-order chi connectivity index (χ0) is 33.9. The van der Waals surface area contributed by atoms with Gasteiger partial charge in [-0.25, -0.2) is 0 Å². The molecule has 3 aromatic carbocycles. The molecule has 3 atom stereocenters. The Morgan fingerprint density at radius 2 is 1.06 bits per heavy atom. The summed E-state index contributed by atoms with van der Waals surface area (Å²) < 4.78 is 17.2. The molecule has 0 spiro atoms. The summed E-state index contributed by atoms with van der Waals surface area (Å²) in [6.45, 7) is 9.94. The number of hydrogen-bond acceptors (Lipinski definition) is 11. The molecule has 3 aliphatic rings. The van der Waals surface area contributed by atoms with Gasteiger partial charge in [-0.3, -0.25) is 0 Å². The molecule has 248 valence electrons. The first-order valence-corrected chi connectivity index (χ1v) is 16.0. The Bertz CT molecular complexity index is 1420. The minimum Gasteiger partial charge on any atom is -0.487 e. The number of fused-ring (bicyclic) bond motifs is 3. The first kappa shape index (κ1) is 35.7. The lowest BCUT2D eigenvalue weighted by molar-refractivity contribution is 0.194. The summed E-state index contributed by atoms with van der Waals surface area (Å²) in [6.07, 6.45) is 0.858. The van der Waals surface area contributed by atoms with E-state index in [1.165, 1.54) is 0 Å². The number of benzene rings is 3. The quantitative estimate of drug-likeness (QED) is 0.129. The fraction of sp³-hybridized carbons (Fsp3) is 0.419. The fourth-order valence-corrected chi connectivity index (χ4v) is 5.61. The Balaban J connectivity index is 0.000000160. The third-order valence-electron chi connectivity index (χ3n) is 8.03. The summed E-state index contributed by atoms with van der Waals surface area (Å²) >= 11 is 0. The zero-order valence-corrected chi connectivity index (χ0v) is 27.5. The number of hydrogen-bond donors (Lipinski definition) is 4. The van der Waals surface area contributed by atoms with Gasteiger partial charge in [0, 0.05) is 31.1 Å². The third kappa shape index (κ3) is 9.21. The van der Waals surface area contributed by atoms with Crippen molar-refractivity contribution >= 4 is 38.2 Å². The first-order valence-electron chi connectivity index (χ1n) is 16.0. The van der Waals surface area contributed by atoms with E-state index in [2.05, 4.69) is 16.9 Å². The molecule has 0 amide bonds. The number of nitrogens with two attached hydrogens (primary N) is 1. The molecule has 0 bridgehead atoms. The van der Waals surface area contributed by atoms with Crippen LogP contribution in [0.2, 0.25) is 20.5 Å². The van der Waals surface area contributed by atoms with Crippen LogP contribution in [0, 0.1) is 0 Å². The Kier molecular flexibility index (Phi) is 13.0. The van der Waals surface area contributed by atoms with E-state index in [-0.39, 0.29) is 24.9 Å². The minimum atomic E-state index is -0.603. The Morgan fingerprint density at radius 3 is 1.45 bits per heavy atom. The topological polar surface area (TPSA) is 173 Å². The van der Waals surface area contributed by atoms with Gasteiger partial charge in [-0.1, -0.05) is 48.4 Å². The molecular weight excluding hydrogens is 599 g/mol. The van der Waals surface area contributed by atoms with Crippen molar-refractivity contribution in [1.82, 2.24) is 0 Å². The molecule has 47 heavy (non-hydrogen) atoms. The first-order chi connectivity index (χ1) is 22.7. The smallest absolute Gasteiger partial charge is 0.409 e. The standard InChI is InChI=1S/C11H16BNO2.C10H13BN4O2.C10H15BN2O2/c1-3-9-8-13(12(2)14)10-6-4-5-7-11(10)15-9;1-11(16)15-7-8(6-13-14-12)17-10-5-3-2-4-9(10)15;1-11(14)13-7-8(6-12)15-10-5-3-2-4-9(10)13/h4-7,9,14H,3,8H2,1-2H3;2-5,8,16H,6-7H2,1H3;2-5,8,14H,6-7,12H2,1H3. The largest absolute Gasteiger partial charge is 0.487 e. The van der Waals surface area contributed by atoms with Crippen LogP contribution in [0.4, 0.5) is 17.1 Å². The van der Waals surface area contributed by atoms with Crippen molar-refractivity contribution in [2.24, 2.45) is 10.8 Å². The van der Waals surface area contributed by atoms with Gasteiger partial charge in [0.2, 0.25) is 0 Å². The van der Waals surface area contributed by atoms with Gasteiger partial charge in [0.1, 0.15) is 35.6 Å². The van der Waals surface area contributed by atoms with Gasteiger partial charge >= 0.3 is 21.2 Å². The Hall–Kier alpha value is -4.20. The van der Waals surface area contributed by atoms with Gasteiger partial charge < -0.3 is 49.4 Å². The maximum Gasteiger partial charge on any atom is 0.409 e. The van der Waals surface area contributed by atoms with Gasteiger partial charge in [0.15, 0.2) is 0 Å². The van der Waals surface area contributed by atoms with Crippen LogP contribution in [0.15, 0.2) is 77.9 Å². The highest BCUT2D eigenvalue weighted by Gasteiger charge is 2.31. The molecule has 3 aromatic rings. The SMILES string of the molecule is CB(O)N1CC(CN)Oc2ccccc21.CB(O)N1CC(CN=[N+]=[N-])Oc2ccccc21.CCC1CN(B(C)O)c2ccccc2O1. The second-order valence-corrected chi connectivity index (χ2v) is 11.5. The Morgan fingerprint density at radius 1 is 0.702 bits per heavy atom. The molecule has 0 fully saturated rings. The number of rotatable bonds is 7. The zero-order valence-electron chi connectivity index (χ0n) is 27.5. The summed E-state index contributed by atoms with van der Waals surface area (Å²) in [4.78, 5) is 8.43. The van der Waals surface area contributed by atoms with Crippen LogP contribution in [-0.2, 0) is 0 Å². The third-order valence-corrected chi connectivity index (χ3v) is 8.03. The van der Waals surface area contributed by atoms with Crippen LogP contribution in [0.5, 0.6) is 17.2 Å². The monoisotopic (exact) mass is 643 g/mol. The van der Waals surface area contributed by atoms with E-state index in [1.54, 1.807) is 20.5 Å². The van der Waals surface area contributed by atoms with Crippen molar-refractivity contribution in [2.75, 3.05) is 47.2 Å². The van der Waals surface area contributed by atoms with Crippen molar-refractivity contribution in [3.63, 3.8) is 0 Å². The maximum absolute atomic E-state index is 9.73. The van der Waals surface area contributed by atoms with Crippen LogP contribution in [0.25, 0.3) is 10.4 Å². The predicted molar refractivity (Wildman–Crippen MR) is 189 cm³/mol. The summed E-state index contributed by atoms with van der Waals surface area (Å²) in [5, 5.41) is 32.6. The number of azide groups is 1. The molecule has 0 aromatic heterocycles. The van der Waals surface area contributed by atoms with Gasteiger partial charge in [-0.15, -0.1) is 0 Å². The molecule has 3 unspecified atom stereocenters. The highest BCUT2D eigenvalue weighted by atomic mass is 16.5. The van der Waals surface area contributed by atoms with Crippen molar-refractivity contribution in [3.8, 4) is 17.2 Å². The van der Waals surface area contributed by atoms with E-state index in [0.29, 0.717) is 25.4 Å². The van der Waals surface area contributed by atoms with Crippen LogP contribution in [0.3, 0.4) is 0 Å². The van der Waals surface area contributed by atoms with E-state index in [4.69, 9.17) is 25.5 Å². The van der Waals surface area contributed by atoms with Gasteiger partial charge in [-0.05, 0) is 68.8 Å². The molecular formula is C31H44B3N7O6. The molecule has 0 saturated carbocycles. The minimum absolute atomic E-state index is 0.0468. The van der Waals surface area contributed by atoms with E-state index in [1.807, 2.05) is 87.2 Å². The molecule has 3 heterocycles. The summed E-state index contributed by atoms with van der Waals surface area (Å²) in [5.41, 5.74) is 16.7. The predicted octanol–water partition coefficient (Wildman–Crippen LogP) is 3.77. The average Bonchev–Trinajstić information content (AvgIpc) is 3.09. The Labute approximate surface area is 277 Å². The maximum atomic E-state index is 9.73. The van der Waals surface area contributed by atoms with Crippen LogP contribution >= 0.6 is 0 Å². The van der Waals surface area contributed by atoms with Gasteiger partial charge in [0.25, 0.3) is 0 Å². The molecule has 0 aliphatic carbocycles. The van der Waals surface area contributed by atoms with Crippen molar-refractivity contribution in [3.05, 3.63) is 83.2 Å². The number of nitrogens with zero attached hydrogens (tertiary/aromatic N) is 6. The highest BCUT2D eigenvalue weighted by molar-refractivity contribution is 6.54. The van der Waals surface area contributed by atoms with Gasteiger partial charge in [-0.2, -0.15) is 0 Å². The van der Waals surface area contributed by atoms with Crippen molar-refractivity contribution in [1.29, 1.82) is 0 Å². The average molecular weight is 643 g/mol. The highest BCUT2D eigenvalue weighted by Crippen LogP contribution is 2.35. The second kappa shape index (κ2) is 17.1. The number of anilines is 3. The fourth-order valence-electron chi connectivity index (χ4n) is 5.61. The van der Waals surface area contributed by atoms with Gasteiger partial charge in [0.05, 0.1) is 23.6 Å². The molecule has 6 rings (SSSR count). The normalized spacial score (nSPS) is 18.8. The van der Waals surface area contributed by atoms with E-state index < -0.39 is 21.2 Å². The van der Waals surface area contributed by atoms with Crippen LogP contribution in [0.1, 0.15) is 13.3 Å². The lowest BCUT2D eigenvalue weighted by atomic mass is 9.83. The molecule has 5 N–H and O–H groups in total. The summed E-state index contributed by atoms with van der Waals surface area (Å²) in [5.74, 6) is 2.37. The molecule has 0 radical (unpaired) electrons. The van der Waals surface area contributed by atoms with Crippen LogP contribution in [-0.4, -0.2) is 87.3 Å². The van der Waals surface area contributed by atoms with E-state index in [0.717, 1.165) is 41.5 Å². The van der Waals surface area contributed by atoms with E-state index >= 15 is 0 Å². The van der Waals surface area contributed by atoms with Crippen LogP contribution < -0.4 is 34.4 Å². The molecule has 16 heteroatoms. The summed E-state index contributed by atoms with van der Waals surface area (Å²) in [6, 6.07) is 23.0. The van der Waals surface area contributed by atoms with Crippen molar-refractivity contribution < 1.29 is 29.3 Å². The summed E-state index contributed by atoms with van der Waals surface area (Å²) in [7, 11) is -1.60.